The van der Waals surface area contributed by atoms with E-state index in [9.17, 15) is 9.59 Å². The Kier molecular flexibility index (Phi) is 5.64. The van der Waals surface area contributed by atoms with Crippen LogP contribution in [0.4, 0.5) is 4.79 Å². The maximum absolute atomic E-state index is 12.0. The lowest BCUT2D eigenvalue weighted by molar-refractivity contribution is 0.0504. The molecular formula is C18H26N2O3. The molecule has 126 valence electrons. The summed E-state index contributed by atoms with van der Waals surface area (Å²) >= 11 is 0. The van der Waals surface area contributed by atoms with Gasteiger partial charge in [-0.2, -0.15) is 0 Å². The Bertz CT molecular complexity index is 537. The third-order valence-electron chi connectivity index (χ3n) is 3.85. The molecule has 0 radical (unpaired) electrons. The first-order chi connectivity index (χ1) is 10.8. The van der Waals surface area contributed by atoms with Crippen LogP contribution < -0.4 is 10.6 Å². The zero-order valence-corrected chi connectivity index (χ0v) is 14.1. The van der Waals surface area contributed by atoms with Crippen molar-refractivity contribution in [1.29, 1.82) is 0 Å². The van der Waals surface area contributed by atoms with Crippen molar-refractivity contribution >= 4 is 12.0 Å². The van der Waals surface area contributed by atoms with E-state index >= 15 is 0 Å². The van der Waals surface area contributed by atoms with Crippen LogP contribution in [0.2, 0.25) is 0 Å². The first kappa shape index (κ1) is 17.3. The fraction of sp³-hybridized carbons (Fsp3) is 0.556. The number of rotatable bonds is 4. The molecule has 0 spiro atoms. The largest absolute Gasteiger partial charge is 0.444 e. The van der Waals surface area contributed by atoms with Gasteiger partial charge in [-0.15, -0.1) is 0 Å². The quantitative estimate of drug-likeness (QED) is 0.896. The van der Waals surface area contributed by atoms with Crippen molar-refractivity contribution in [1.82, 2.24) is 10.6 Å². The first-order valence-corrected chi connectivity index (χ1v) is 8.16. The normalized spacial score (nSPS) is 20.8. The second kappa shape index (κ2) is 7.49. The van der Waals surface area contributed by atoms with Gasteiger partial charge in [0.1, 0.15) is 5.60 Å². The molecule has 5 heteroatoms. The number of benzene rings is 1. The zero-order valence-electron chi connectivity index (χ0n) is 14.1. The van der Waals surface area contributed by atoms with Gasteiger partial charge in [0, 0.05) is 18.2 Å². The molecule has 1 aromatic rings. The van der Waals surface area contributed by atoms with Gasteiger partial charge in [0.2, 0.25) is 0 Å². The van der Waals surface area contributed by atoms with E-state index in [0.717, 1.165) is 19.3 Å². The summed E-state index contributed by atoms with van der Waals surface area (Å²) in [5.41, 5.74) is 0.195. The Morgan fingerprint density at radius 1 is 1.17 bits per heavy atom. The number of nitrogens with one attached hydrogen (secondary N) is 2. The third-order valence-corrected chi connectivity index (χ3v) is 3.85. The van der Waals surface area contributed by atoms with Gasteiger partial charge in [0.05, 0.1) is 0 Å². The highest BCUT2D eigenvalue weighted by Gasteiger charge is 2.27. The van der Waals surface area contributed by atoms with Crippen molar-refractivity contribution in [2.45, 2.75) is 51.7 Å². The van der Waals surface area contributed by atoms with Gasteiger partial charge in [-0.1, -0.05) is 18.2 Å². The number of ether oxygens (including phenoxy) is 1. The molecule has 23 heavy (non-hydrogen) atoms. The van der Waals surface area contributed by atoms with E-state index in [1.54, 1.807) is 12.1 Å². The second-order valence-corrected chi connectivity index (χ2v) is 7.10. The molecule has 1 aliphatic rings. The van der Waals surface area contributed by atoms with E-state index in [1.807, 2.05) is 39.0 Å². The molecule has 2 N–H and O–H groups in total. The molecule has 0 aromatic heterocycles. The van der Waals surface area contributed by atoms with Gasteiger partial charge < -0.3 is 15.4 Å². The number of carbonyl (C=O) groups is 2. The standard InChI is InChI=1S/C18H26N2O3/c1-18(2,3)23-17(22)20-15-10-9-13(11-15)12-19-16(21)14-7-5-4-6-8-14/h4-8,13,15H,9-12H2,1-3H3,(H,19,21)(H,20,22)/t13-,15+/m0/s1. The van der Waals surface area contributed by atoms with E-state index in [1.165, 1.54) is 0 Å². The summed E-state index contributed by atoms with van der Waals surface area (Å²) in [6.07, 6.45) is 2.42. The fourth-order valence-electron chi connectivity index (χ4n) is 2.79. The minimum Gasteiger partial charge on any atom is -0.444 e. The van der Waals surface area contributed by atoms with Gasteiger partial charge in [-0.3, -0.25) is 4.79 Å². The Morgan fingerprint density at radius 3 is 2.52 bits per heavy atom. The number of carbonyl (C=O) groups excluding carboxylic acids is 2. The minimum absolute atomic E-state index is 0.0471. The average molecular weight is 318 g/mol. The molecular weight excluding hydrogens is 292 g/mol. The van der Waals surface area contributed by atoms with Crippen LogP contribution in [0.1, 0.15) is 50.4 Å². The van der Waals surface area contributed by atoms with Crippen molar-refractivity contribution in [3.8, 4) is 0 Å². The van der Waals surface area contributed by atoms with E-state index < -0.39 is 5.60 Å². The van der Waals surface area contributed by atoms with Crippen molar-refractivity contribution in [2.24, 2.45) is 5.92 Å². The average Bonchev–Trinajstić information content (AvgIpc) is 2.91. The van der Waals surface area contributed by atoms with Gasteiger partial charge in [-0.25, -0.2) is 4.79 Å². The molecule has 1 aliphatic carbocycles. The SMILES string of the molecule is CC(C)(C)OC(=O)N[C@@H]1CC[C@H](CNC(=O)c2ccccc2)C1. The van der Waals surface area contributed by atoms with Crippen LogP contribution in [0.3, 0.4) is 0 Å². The molecule has 0 unspecified atom stereocenters. The third kappa shape index (κ3) is 5.93. The summed E-state index contributed by atoms with van der Waals surface area (Å²) in [5.74, 6) is 0.344. The predicted molar refractivity (Wildman–Crippen MR) is 89.3 cm³/mol. The van der Waals surface area contributed by atoms with Gasteiger partial charge >= 0.3 is 6.09 Å². The van der Waals surface area contributed by atoms with Crippen molar-refractivity contribution in [3.63, 3.8) is 0 Å². The lowest BCUT2D eigenvalue weighted by Crippen LogP contribution is -2.38. The maximum Gasteiger partial charge on any atom is 0.407 e. The first-order valence-electron chi connectivity index (χ1n) is 8.16. The van der Waals surface area contributed by atoms with Crippen LogP contribution in [0.25, 0.3) is 0 Å². The number of hydrogen-bond acceptors (Lipinski definition) is 3. The van der Waals surface area contributed by atoms with E-state index in [0.29, 0.717) is 18.0 Å². The molecule has 0 heterocycles. The molecule has 1 fully saturated rings. The van der Waals surface area contributed by atoms with Crippen LogP contribution in [0.15, 0.2) is 30.3 Å². The summed E-state index contributed by atoms with van der Waals surface area (Å²) in [5, 5.41) is 5.88. The predicted octanol–water partition coefficient (Wildman–Crippen LogP) is 3.11. The minimum atomic E-state index is -0.480. The highest BCUT2D eigenvalue weighted by atomic mass is 16.6. The highest BCUT2D eigenvalue weighted by molar-refractivity contribution is 5.94. The molecule has 2 amide bonds. The molecule has 0 bridgehead atoms. The Balaban J connectivity index is 1.71. The number of alkyl carbamates (subject to hydrolysis) is 1. The molecule has 5 nitrogen and oxygen atoms in total. The van der Waals surface area contributed by atoms with Crippen LogP contribution in [0, 0.1) is 5.92 Å². The fourth-order valence-corrected chi connectivity index (χ4v) is 2.79. The van der Waals surface area contributed by atoms with Crippen molar-refractivity contribution < 1.29 is 14.3 Å². The van der Waals surface area contributed by atoms with Crippen LogP contribution >= 0.6 is 0 Å². The summed E-state index contributed by atoms with van der Waals surface area (Å²) in [6.45, 7) is 6.19. The van der Waals surface area contributed by atoms with Crippen molar-refractivity contribution in [2.75, 3.05) is 6.54 Å². The van der Waals surface area contributed by atoms with E-state index in [2.05, 4.69) is 10.6 Å². The van der Waals surface area contributed by atoms with Crippen LogP contribution in [-0.4, -0.2) is 30.2 Å². The van der Waals surface area contributed by atoms with Gasteiger partial charge in [0.15, 0.2) is 0 Å². The van der Waals surface area contributed by atoms with Gasteiger partial charge in [0.25, 0.3) is 5.91 Å². The zero-order chi connectivity index (χ0) is 16.9. The monoisotopic (exact) mass is 318 g/mol. The number of amides is 2. The topological polar surface area (TPSA) is 67.4 Å². The van der Waals surface area contributed by atoms with E-state index in [4.69, 9.17) is 4.74 Å². The van der Waals surface area contributed by atoms with Gasteiger partial charge in [-0.05, 0) is 58.1 Å². The summed E-state index contributed by atoms with van der Waals surface area (Å²) in [7, 11) is 0. The Labute approximate surface area is 137 Å². The number of hydrogen-bond donors (Lipinski definition) is 2. The lowest BCUT2D eigenvalue weighted by Gasteiger charge is -2.21. The molecule has 2 rings (SSSR count). The molecule has 0 aliphatic heterocycles. The van der Waals surface area contributed by atoms with Crippen LogP contribution in [0.5, 0.6) is 0 Å². The van der Waals surface area contributed by atoms with E-state index in [-0.39, 0.29) is 18.0 Å². The highest BCUT2D eigenvalue weighted by Crippen LogP contribution is 2.25. The molecule has 2 atom stereocenters. The van der Waals surface area contributed by atoms with Crippen molar-refractivity contribution in [3.05, 3.63) is 35.9 Å². The maximum atomic E-state index is 12.0. The Hall–Kier alpha value is -2.04. The second-order valence-electron chi connectivity index (χ2n) is 7.10. The summed E-state index contributed by atoms with van der Waals surface area (Å²) in [4.78, 5) is 23.8. The lowest BCUT2D eigenvalue weighted by atomic mass is 10.1. The summed E-state index contributed by atoms with van der Waals surface area (Å²) < 4.78 is 5.27. The Morgan fingerprint density at radius 2 is 1.87 bits per heavy atom. The summed E-state index contributed by atoms with van der Waals surface area (Å²) in [6, 6.07) is 9.33. The molecule has 0 saturated heterocycles. The smallest absolute Gasteiger partial charge is 0.407 e. The molecule has 1 saturated carbocycles. The van der Waals surface area contributed by atoms with Crippen LogP contribution in [-0.2, 0) is 4.74 Å². The molecule has 1 aromatic carbocycles.